The van der Waals surface area contributed by atoms with E-state index < -0.39 is 77.0 Å². The highest BCUT2D eigenvalue weighted by atomic mass is 19.2. The molecule has 1 aliphatic heterocycles. The Morgan fingerprint density at radius 3 is 2.30 bits per heavy atom. The van der Waals surface area contributed by atoms with E-state index in [1.165, 1.54) is 24.3 Å². The summed E-state index contributed by atoms with van der Waals surface area (Å²) in [5.74, 6) is -12.7. The van der Waals surface area contributed by atoms with E-state index >= 15 is 0 Å². The molecule has 1 saturated heterocycles. The van der Waals surface area contributed by atoms with Gasteiger partial charge in [-0.25, -0.2) is 13.2 Å². The number of ether oxygens (including phenoxy) is 1. The van der Waals surface area contributed by atoms with Crippen LogP contribution in [0.4, 0.5) is 22.0 Å². The first-order chi connectivity index (χ1) is 20.3. The molecule has 2 unspecified atom stereocenters. The number of carbonyl (C=O) groups excluding carboxylic acids is 4. The second-order valence-electron chi connectivity index (χ2n) is 10.7. The van der Waals surface area contributed by atoms with Crippen molar-refractivity contribution in [2.75, 3.05) is 13.2 Å². The Bertz CT molecular complexity index is 1530. The average molecular weight is 609 g/mol. The van der Waals surface area contributed by atoms with Crippen molar-refractivity contribution in [3.05, 3.63) is 65.1 Å². The predicted octanol–water partition coefficient (Wildman–Crippen LogP) is 3.67. The molecule has 1 aromatic heterocycles. The van der Waals surface area contributed by atoms with Crippen molar-refractivity contribution in [3.8, 4) is 5.75 Å². The van der Waals surface area contributed by atoms with Crippen LogP contribution < -0.4 is 20.7 Å². The Morgan fingerprint density at radius 1 is 0.977 bits per heavy atom. The van der Waals surface area contributed by atoms with Gasteiger partial charge in [-0.2, -0.15) is 8.78 Å². The lowest BCUT2D eigenvalue weighted by atomic mass is 9.95. The molecule has 2 aromatic carbocycles. The van der Waals surface area contributed by atoms with Gasteiger partial charge in [0, 0.05) is 29.4 Å². The maximum absolute atomic E-state index is 14.1. The number of ketones is 1. The van der Waals surface area contributed by atoms with Crippen molar-refractivity contribution in [1.29, 1.82) is 0 Å². The molecule has 1 aliphatic rings. The molecule has 3 amide bonds. The van der Waals surface area contributed by atoms with Gasteiger partial charge in [0.15, 0.2) is 23.2 Å². The van der Waals surface area contributed by atoms with Gasteiger partial charge in [-0.1, -0.05) is 13.8 Å². The van der Waals surface area contributed by atoms with Gasteiger partial charge in [-0.3, -0.25) is 19.2 Å². The van der Waals surface area contributed by atoms with Gasteiger partial charge < -0.3 is 25.7 Å². The number of amides is 3. The highest BCUT2D eigenvalue weighted by molar-refractivity contribution is 6.01. The van der Waals surface area contributed by atoms with Crippen LogP contribution in [-0.2, 0) is 14.4 Å². The van der Waals surface area contributed by atoms with E-state index in [1.54, 1.807) is 13.8 Å². The van der Waals surface area contributed by atoms with Crippen LogP contribution in [0.2, 0.25) is 0 Å². The Balaban J connectivity index is 1.52. The van der Waals surface area contributed by atoms with Crippen LogP contribution in [0.1, 0.15) is 43.6 Å². The van der Waals surface area contributed by atoms with Crippen molar-refractivity contribution in [2.24, 2.45) is 11.8 Å². The highest BCUT2D eigenvalue weighted by Crippen LogP contribution is 2.27. The SMILES string of the molecule is CC(C)CC(NC(=O)c1cc2cc(F)ccc2[nH]1)C(=O)NC(C[C@@H]1CCNC1=O)C(=O)COc1c(F)c(F)cc(F)c1F. The maximum Gasteiger partial charge on any atom is 0.268 e. The number of hydrogen-bond acceptors (Lipinski definition) is 5. The third-order valence-electron chi connectivity index (χ3n) is 6.97. The molecule has 0 saturated carbocycles. The molecule has 43 heavy (non-hydrogen) atoms. The third kappa shape index (κ3) is 7.48. The summed E-state index contributed by atoms with van der Waals surface area (Å²) in [5, 5.41) is 8.11. The summed E-state index contributed by atoms with van der Waals surface area (Å²) in [7, 11) is 0. The van der Waals surface area contributed by atoms with Crippen molar-refractivity contribution in [1.82, 2.24) is 20.9 Å². The monoisotopic (exact) mass is 608 g/mol. The minimum Gasteiger partial charge on any atom is -0.479 e. The summed E-state index contributed by atoms with van der Waals surface area (Å²) in [6, 6.07) is 2.70. The summed E-state index contributed by atoms with van der Waals surface area (Å²) >= 11 is 0. The molecule has 14 heteroatoms. The summed E-state index contributed by atoms with van der Waals surface area (Å²) in [6.45, 7) is 2.81. The Hall–Kier alpha value is -4.49. The second-order valence-corrected chi connectivity index (χ2v) is 10.7. The molecule has 3 aromatic rings. The molecule has 9 nitrogen and oxygen atoms in total. The van der Waals surface area contributed by atoms with Crippen LogP contribution in [0.5, 0.6) is 5.75 Å². The van der Waals surface area contributed by atoms with Gasteiger partial charge in [-0.05, 0) is 49.4 Å². The van der Waals surface area contributed by atoms with Crippen LogP contribution in [0.15, 0.2) is 30.3 Å². The molecule has 0 bridgehead atoms. The average Bonchev–Trinajstić information content (AvgIpc) is 3.56. The first-order valence-electron chi connectivity index (χ1n) is 13.5. The first-order valence-corrected chi connectivity index (χ1v) is 13.5. The summed E-state index contributed by atoms with van der Waals surface area (Å²) in [6.07, 6.45) is 0.260. The molecule has 0 aliphatic carbocycles. The number of rotatable bonds is 12. The van der Waals surface area contributed by atoms with Crippen LogP contribution in [0.25, 0.3) is 10.9 Å². The maximum atomic E-state index is 14.1. The number of Topliss-reactive ketones (excluding diaryl/α,β-unsaturated/α-hetero) is 1. The van der Waals surface area contributed by atoms with Crippen LogP contribution in [0, 0.1) is 40.9 Å². The lowest BCUT2D eigenvalue weighted by Crippen LogP contribution is -2.53. The summed E-state index contributed by atoms with van der Waals surface area (Å²) in [5.41, 5.74) is 0.542. The second kappa shape index (κ2) is 13.2. The van der Waals surface area contributed by atoms with Crippen LogP contribution in [0.3, 0.4) is 0 Å². The Kier molecular flexibility index (Phi) is 9.66. The van der Waals surface area contributed by atoms with Gasteiger partial charge in [0.25, 0.3) is 5.91 Å². The number of H-pyrrole nitrogens is 1. The van der Waals surface area contributed by atoms with Crippen molar-refractivity contribution in [3.63, 3.8) is 0 Å². The van der Waals surface area contributed by atoms with Crippen molar-refractivity contribution >= 4 is 34.4 Å². The van der Waals surface area contributed by atoms with E-state index in [9.17, 15) is 41.1 Å². The molecular weight excluding hydrogens is 579 g/mol. The van der Waals surface area contributed by atoms with Gasteiger partial charge in [-0.15, -0.1) is 0 Å². The number of carbonyl (C=O) groups is 4. The zero-order chi connectivity index (χ0) is 31.4. The van der Waals surface area contributed by atoms with E-state index in [-0.39, 0.29) is 36.4 Å². The largest absolute Gasteiger partial charge is 0.479 e. The molecule has 2 heterocycles. The smallest absolute Gasteiger partial charge is 0.268 e. The minimum absolute atomic E-state index is 0.0155. The quantitative estimate of drug-likeness (QED) is 0.184. The van der Waals surface area contributed by atoms with Crippen LogP contribution >= 0.6 is 0 Å². The fourth-order valence-corrected chi connectivity index (χ4v) is 4.78. The summed E-state index contributed by atoms with van der Waals surface area (Å²) < 4.78 is 73.7. The molecule has 230 valence electrons. The number of aromatic nitrogens is 1. The molecule has 4 rings (SSSR count). The third-order valence-corrected chi connectivity index (χ3v) is 6.97. The van der Waals surface area contributed by atoms with Gasteiger partial charge in [0.2, 0.25) is 23.4 Å². The van der Waals surface area contributed by atoms with E-state index in [0.717, 1.165) is 0 Å². The van der Waals surface area contributed by atoms with Gasteiger partial charge in [0.1, 0.15) is 24.2 Å². The first kappa shape index (κ1) is 31.4. The van der Waals surface area contributed by atoms with E-state index in [0.29, 0.717) is 23.9 Å². The van der Waals surface area contributed by atoms with Crippen molar-refractivity contribution < 1.29 is 45.9 Å². The fourth-order valence-electron chi connectivity index (χ4n) is 4.78. The number of halogens is 5. The molecule has 0 radical (unpaired) electrons. The zero-order valence-corrected chi connectivity index (χ0v) is 23.2. The number of nitrogens with one attached hydrogen (secondary N) is 4. The highest BCUT2D eigenvalue weighted by Gasteiger charge is 2.34. The molecule has 1 fully saturated rings. The molecule has 0 spiro atoms. The zero-order valence-electron chi connectivity index (χ0n) is 23.2. The van der Waals surface area contributed by atoms with E-state index in [4.69, 9.17) is 4.74 Å². The lowest BCUT2D eigenvalue weighted by Gasteiger charge is -2.25. The standard InChI is InChI=1S/C29H29F5N4O5/c1-13(2)7-21(38-29(42)22-10-15-8-16(30)3-4-19(15)36-22)28(41)37-20(9-14-5-6-35-27(14)40)23(39)12-43-26-24(33)17(31)11-18(32)25(26)34/h3-4,8,10-11,13-14,20-21,36H,5-7,9,12H2,1-2H3,(H,35,40)(H,37,41)(H,38,42)/t14-,20?,21?/m0/s1. The van der Waals surface area contributed by atoms with Gasteiger partial charge >= 0.3 is 0 Å². The number of fused-ring (bicyclic) bond motifs is 1. The number of aromatic amines is 1. The van der Waals surface area contributed by atoms with Crippen molar-refractivity contribution in [2.45, 2.75) is 45.2 Å². The van der Waals surface area contributed by atoms with Gasteiger partial charge in [0.05, 0.1) is 6.04 Å². The van der Waals surface area contributed by atoms with E-state index in [1.807, 2.05) is 0 Å². The molecule has 3 atom stereocenters. The predicted molar refractivity (Wildman–Crippen MR) is 143 cm³/mol. The lowest BCUT2D eigenvalue weighted by molar-refractivity contribution is -0.131. The summed E-state index contributed by atoms with van der Waals surface area (Å²) in [4.78, 5) is 54.6. The Labute approximate surface area is 242 Å². The fraction of sp³-hybridized carbons (Fsp3) is 0.379. The number of benzene rings is 2. The normalized spacial score (nSPS) is 16.2. The molecular formula is C29H29F5N4O5. The van der Waals surface area contributed by atoms with Crippen LogP contribution in [-0.4, -0.2) is 53.7 Å². The number of hydrogen-bond donors (Lipinski definition) is 4. The van der Waals surface area contributed by atoms with E-state index in [2.05, 4.69) is 20.9 Å². The minimum atomic E-state index is -1.85. The molecule has 4 N–H and O–H groups in total. The Morgan fingerprint density at radius 2 is 1.67 bits per heavy atom. The topological polar surface area (TPSA) is 129 Å².